The van der Waals surface area contributed by atoms with Gasteiger partial charge < -0.3 is 5.11 Å². The number of piperidine rings is 1. The van der Waals surface area contributed by atoms with Crippen LogP contribution in [0.4, 0.5) is 0 Å². The maximum Gasteiger partial charge on any atom is 0.0688 e. The summed E-state index contributed by atoms with van der Waals surface area (Å²) >= 11 is 0. The average Bonchev–Trinajstić information content (AvgIpc) is 2.37. The summed E-state index contributed by atoms with van der Waals surface area (Å²) in [6.07, 6.45) is 5.71. The molecular formula is C16H23NO. The Balaban J connectivity index is 1.60. The van der Waals surface area contributed by atoms with Crippen molar-refractivity contribution in [1.29, 1.82) is 0 Å². The summed E-state index contributed by atoms with van der Waals surface area (Å²) in [5.41, 5.74) is 1.06. The summed E-state index contributed by atoms with van der Waals surface area (Å²) in [6, 6.07) is 10.7. The predicted molar refractivity (Wildman–Crippen MR) is 73.2 cm³/mol. The van der Waals surface area contributed by atoms with Gasteiger partial charge in [-0.1, -0.05) is 30.3 Å². The van der Waals surface area contributed by atoms with Crippen molar-refractivity contribution < 1.29 is 5.11 Å². The van der Waals surface area contributed by atoms with E-state index in [0.29, 0.717) is 5.92 Å². The Labute approximate surface area is 110 Å². The van der Waals surface area contributed by atoms with Crippen LogP contribution in [0.1, 0.15) is 37.7 Å². The van der Waals surface area contributed by atoms with Gasteiger partial charge in [0.2, 0.25) is 0 Å². The number of hydrogen-bond donors (Lipinski definition) is 1. The predicted octanol–water partition coefficient (Wildman–Crippen LogP) is 2.81. The highest BCUT2D eigenvalue weighted by Gasteiger charge is 2.43. The van der Waals surface area contributed by atoms with Crippen LogP contribution in [0.5, 0.6) is 0 Å². The first kappa shape index (κ1) is 12.2. The van der Waals surface area contributed by atoms with E-state index in [9.17, 15) is 5.11 Å². The number of hydrogen-bond acceptors (Lipinski definition) is 2. The Bertz CT molecular complexity index is 385. The number of aliphatic hydroxyl groups is 1. The van der Waals surface area contributed by atoms with Gasteiger partial charge in [0, 0.05) is 19.0 Å². The second kappa shape index (κ2) is 5.02. The molecule has 98 valence electrons. The first-order valence-corrected chi connectivity index (χ1v) is 7.25. The van der Waals surface area contributed by atoms with Gasteiger partial charge in [0.25, 0.3) is 0 Å². The van der Waals surface area contributed by atoms with Gasteiger partial charge in [0.05, 0.1) is 5.60 Å². The topological polar surface area (TPSA) is 23.5 Å². The fourth-order valence-corrected chi connectivity index (χ4v) is 3.43. The monoisotopic (exact) mass is 245 g/mol. The minimum Gasteiger partial charge on any atom is -0.390 e. The standard InChI is InChI=1S/C16H23NO/c18-16(9-5-10-16)15-8-4-11-17(13-15)12-14-6-2-1-3-7-14/h1-3,6-7,15,18H,4-5,8-13H2. The summed E-state index contributed by atoms with van der Waals surface area (Å²) in [7, 11) is 0. The summed E-state index contributed by atoms with van der Waals surface area (Å²) in [5.74, 6) is 0.503. The molecule has 2 aliphatic rings. The summed E-state index contributed by atoms with van der Waals surface area (Å²) in [4.78, 5) is 2.51. The van der Waals surface area contributed by atoms with E-state index in [-0.39, 0.29) is 5.60 Å². The van der Waals surface area contributed by atoms with E-state index in [1.165, 1.54) is 31.4 Å². The molecule has 0 spiro atoms. The van der Waals surface area contributed by atoms with Gasteiger partial charge >= 0.3 is 0 Å². The van der Waals surface area contributed by atoms with Crippen molar-refractivity contribution >= 4 is 0 Å². The number of benzene rings is 1. The second-order valence-corrected chi connectivity index (χ2v) is 6.02. The van der Waals surface area contributed by atoms with Crippen molar-refractivity contribution in [1.82, 2.24) is 4.90 Å². The third-order valence-electron chi connectivity index (χ3n) is 4.73. The molecule has 1 aromatic carbocycles. The lowest BCUT2D eigenvalue weighted by molar-refractivity contribution is -0.104. The molecule has 2 nitrogen and oxygen atoms in total. The Kier molecular flexibility index (Phi) is 3.40. The van der Waals surface area contributed by atoms with Crippen LogP contribution in [0.25, 0.3) is 0 Å². The van der Waals surface area contributed by atoms with Crippen molar-refractivity contribution in [2.24, 2.45) is 5.92 Å². The molecule has 18 heavy (non-hydrogen) atoms. The summed E-state index contributed by atoms with van der Waals surface area (Å²) in [5, 5.41) is 10.5. The molecule has 1 aromatic rings. The molecule has 3 rings (SSSR count). The minimum absolute atomic E-state index is 0.324. The molecular weight excluding hydrogens is 222 g/mol. The van der Waals surface area contributed by atoms with Crippen LogP contribution in [0, 0.1) is 5.92 Å². The summed E-state index contributed by atoms with van der Waals surface area (Å²) in [6.45, 7) is 3.29. The van der Waals surface area contributed by atoms with Gasteiger partial charge in [-0.25, -0.2) is 0 Å². The minimum atomic E-state index is -0.324. The molecule has 1 unspecified atom stereocenters. The van der Waals surface area contributed by atoms with Gasteiger partial charge in [-0.05, 0) is 44.2 Å². The van der Waals surface area contributed by atoms with Crippen molar-refractivity contribution in [2.45, 2.75) is 44.2 Å². The lowest BCUT2D eigenvalue weighted by Gasteiger charge is -2.47. The average molecular weight is 245 g/mol. The largest absolute Gasteiger partial charge is 0.390 e. The van der Waals surface area contributed by atoms with E-state index in [4.69, 9.17) is 0 Å². The van der Waals surface area contributed by atoms with E-state index in [0.717, 1.165) is 25.9 Å². The van der Waals surface area contributed by atoms with Crippen molar-refractivity contribution in [3.8, 4) is 0 Å². The molecule has 1 N–H and O–H groups in total. The molecule has 1 saturated carbocycles. The van der Waals surface area contributed by atoms with Gasteiger partial charge in [-0.2, -0.15) is 0 Å². The highest BCUT2D eigenvalue weighted by Crippen LogP contribution is 2.42. The molecule has 1 saturated heterocycles. The van der Waals surface area contributed by atoms with E-state index in [1.54, 1.807) is 0 Å². The van der Waals surface area contributed by atoms with Crippen LogP contribution < -0.4 is 0 Å². The molecule has 0 radical (unpaired) electrons. The quantitative estimate of drug-likeness (QED) is 0.885. The lowest BCUT2D eigenvalue weighted by Crippen LogP contribution is -2.51. The smallest absolute Gasteiger partial charge is 0.0688 e. The molecule has 2 heteroatoms. The highest BCUT2D eigenvalue weighted by molar-refractivity contribution is 5.14. The molecule has 0 bridgehead atoms. The first-order valence-electron chi connectivity index (χ1n) is 7.25. The summed E-state index contributed by atoms with van der Waals surface area (Å²) < 4.78 is 0. The number of nitrogens with zero attached hydrogens (tertiary/aromatic N) is 1. The Morgan fingerprint density at radius 2 is 1.94 bits per heavy atom. The molecule has 1 aliphatic heterocycles. The number of likely N-dealkylation sites (tertiary alicyclic amines) is 1. The molecule has 1 heterocycles. The zero-order chi connectivity index (χ0) is 12.4. The third-order valence-corrected chi connectivity index (χ3v) is 4.73. The first-order chi connectivity index (χ1) is 8.76. The third kappa shape index (κ3) is 2.45. The molecule has 0 amide bonds. The van der Waals surface area contributed by atoms with E-state index < -0.39 is 0 Å². The molecule has 1 aliphatic carbocycles. The Morgan fingerprint density at radius 3 is 2.61 bits per heavy atom. The second-order valence-electron chi connectivity index (χ2n) is 6.02. The van der Waals surface area contributed by atoms with E-state index >= 15 is 0 Å². The van der Waals surface area contributed by atoms with Gasteiger partial charge in [0.1, 0.15) is 0 Å². The molecule has 2 fully saturated rings. The van der Waals surface area contributed by atoms with E-state index in [2.05, 4.69) is 35.2 Å². The van der Waals surface area contributed by atoms with E-state index in [1.807, 2.05) is 0 Å². The Hall–Kier alpha value is -0.860. The van der Waals surface area contributed by atoms with Crippen LogP contribution in [0.2, 0.25) is 0 Å². The fraction of sp³-hybridized carbons (Fsp3) is 0.625. The normalized spacial score (nSPS) is 27.7. The van der Waals surface area contributed by atoms with Gasteiger partial charge in [-0.3, -0.25) is 4.90 Å². The highest BCUT2D eigenvalue weighted by atomic mass is 16.3. The molecule has 0 aromatic heterocycles. The van der Waals surface area contributed by atoms with Crippen LogP contribution in [0.3, 0.4) is 0 Å². The van der Waals surface area contributed by atoms with Crippen molar-refractivity contribution in [3.63, 3.8) is 0 Å². The maximum atomic E-state index is 10.5. The van der Waals surface area contributed by atoms with Crippen molar-refractivity contribution in [2.75, 3.05) is 13.1 Å². The fourth-order valence-electron chi connectivity index (χ4n) is 3.43. The van der Waals surface area contributed by atoms with Gasteiger partial charge in [-0.15, -0.1) is 0 Å². The SMILES string of the molecule is OC1(C2CCCN(Cc3ccccc3)C2)CCC1. The van der Waals surface area contributed by atoms with Crippen molar-refractivity contribution in [3.05, 3.63) is 35.9 Å². The molecule has 1 atom stereocenters. The maximum absolute atomic E-state index is 10.5. The van der Waals surface area contributed by atoms with Crippen LogP contribution in [-0.4, -0.2) is 28.7 Å². The van der Waals surface area contributed by atoms with Crippen LogP contribution >= 0.6 is 0 Å². The number of rotatable bonds is 3. The zero-order valence-electron chi connectivity index (χ0n) is 11.0. The lowest BCUT2D eigenvalue weighted by atomic mass is 9.68. The van der Waals surface area contributed by atoms with Gasteiger partial charge in [0.15, 0.2) is 0 Å². The van der Waals surface area contributed by atoms with Crippen LogP contribution in [0.15, 0.2) is 30.3 Å². The Morgan fingerprint density at radius 1 is 1.17 bits per heavy atom. The zero-order valence-corrected chi connectivity index (χ0v) is 11.0. The van der Waals surface area contributed by atoms with Crippen LogP contribution in [-0.2, 0) is 6.54 Å².